The molecule has 0 bridgehead atoms. The number of carbonyl (C=O) groups is 2. The normalized spacial score (nSPS) is 20.2. The van der Waals surface area contributed by atoms with Gasteiger partial charge in [0.2, 0.25) is 0 Å². The third kappa shape index (κ3) is 2.98. The number of esters is 1. The number of rotatable bonds is 2. The first-order chi connectivity index (χ1) is 6.41. The van der Waals surface area contributed by atoms with E-state index in [1.807, 2.05) is 6.08 Å². The van der Waals surface area contributed by atoms with E-state index in [1.165, 1.54) is 6.92 Å². The number of hydrogen-bond acceptors (Lipinski definition) is 3. The number of ether oxygens (including phenoxy) is 1. The highest BCUT2D eigenvalue weighted by Crippen LogP contribution is 2.31. The van der Waals surface area contributed by atoms with Crippen molar-refractivity contribution in [2.24, 2.45) is 5.41 Å². The van der Waals surface area contributed by atoms with E-state index in [0.717, 1.165) is 6.42 Å². The highest BCUT2D eigenvalue weighted by atomic mass is 16.5. The summed E-state index contributed by atoms with van der Waals surface area (Å²) in [7, 11) is 0. The van der Waals surface area contributed by atoms with Crippen molar-refractivity contribution in [1.29, 1.82) is 0 Å². The highest BCUT2D eigenvalue weighted by molar-refractivity contribution is 5.96. The van der Waals surface area contributed by atoms with Gasteiger partial charge >= 0.3 is 5.97 Å². The Labute approximate surface area is 84.1 Å². The fourth-order valence-electron chi connectivity index (χ4n) is 1.52. The number of hydrogen-bond donors (Lipinski definition) is 0. The topological polar surface area (TPSA) is 43.4 Å². The Morgan fingerprint density at radius 2 is 2.21 bits per heavy atom. The summed E-state index contributed by atoms with van der Waals surface area (Å²) in [5, 5.41) is 0. The third-order valence-corrected chi connectivity index (χ3v) is 2.35. The molecule has 0 aromatic carbocycles. The second kappa shape index (κ2) is 3.95. The first-order valence-electron chi connectivity index (χ1n) is 4.79. The summed E-state index contributed by atoms with van der Waals surface area (Å²) in [6.45, 7) is 5.62. The van der Waals surface area contributed by atoms with Gasteiger partial charge in [0.05, 0.1) is 0 Å². The standard InChI is InChI=1S/C11H16O3/c1-8(12)14-7-9-6-11(2,3)5-4-10(9)13/h6H,4-5,7H2,1-3H3. The molecule has 0 heterocycles. The van der Waals surface area contributed by atoms with Gasteiger partial charge in [0, 0.05) is 18.9 Å². The lowest BCUT2D eigenvalue weighted by Crippen LogP contribution is -2.22. The van der Waals surface area contributed by atoms with Gasteiger partial charge in [0.25, 0.3) is 0 Å². The van der Waals surface area contributed by atoms with E-state index in [1.54, 1.807) is 0 Å². The molecule has 14 heavy (non-hydrogen) atoms. The monoisotopic (exact) mass is 196 g/mol. The van der Waals surface area contributed by atoms with Gasteiger partial charge < -0.3 is 4.74 Å². The summed E-state index contributed by atoms with van der Waals surface area (Å²) in [5.74, 6) is -0.243. The van der Waals surface area contributed by atoms with Gasteiger partial charge in [-0.2, -0.15) is 0 Å². The second-order valence-corrected chi connectivity index (χ2v) is 4.36. The first kappa shape index (κ1) is 11.0. The van der Waals surface area contributed by atoms with Crippen LogP contribution in [-0.2, 0) is 14.3 Å². The minimum absolute atomic E-state index is 0.0450. The highest BCUT2D eigenvalue weighted by Gasteiger charge is 2.25. The van der Waals surface area contributed by atoms with E-state index in [0.29, 0.717) is 12.0 Å². The smallest absolute Gasteiger partial charge is 0.302 e. The lowest BCUT2D eigenvalue weighted by Gasteiger charge is -2.26. The van der Waals surface area contributed by atoms with Crippen molar-refractivity contribution in [3.8, 4) is 0 Å². The van der Waals surface area contributed by atoms with Gasteiger partial charge in [-0.3, -0.25) is 9.59 Å². The number of allylic oxidation sites excluding steroid dienone is 1. The Balaban J connectivity index is 2.68. The van der Waals surface area contributed by atoms with Crippen LogP contribution >= 0.6 is 0 Å². The zero-order chi connectivity index (χ0) is 10.8. The SMILES string of the molecule is CC(=O)OCC1=CC(C)(C)CCC1=O. The summed E-state index contributed by atoms with van der Waals surface area (Å²) in [4.78, 5) is 22.0. The van der Waals surface area contributed by atoms with Gasteiger partial charge in [0.15, 0.2) is 5.78 Å². The van der Waals surface area contributed by atoms with Crippen molar-refractivity contribution in [3.05, 3.63) is 11.6 Å². The molecule has 0 aromatic heterocycles. The second-order valence-electron chi connectivity index (χ2n) is 4.36. The zero-order valence-corrected chi connectivity index (χ0v) is 8.92. The molecule has 0 aromatic rings. The molecule has 0 unspecified atom stereocenters. The Morgan fingerprint density at radius 3 is 2.79 bits per heavy atom. The molecule has 3 heteroatoms. The van der Waals surface area contributed by atoms with Gasteiger partial charge in [-0.1, -0.05) is 19.9 Å². The maximum absolute atomic E-state index is 11.4. The van der Waals surface area contributed by atoms with Crippen LogP contribution in [0.4, 0.5) is 0 Å². The molecule has 1 aliphatic carbocycles. The van der Waals surface area contributed by atoms with Crippen LogP contribution < -0.4 is 0 Å². The molecule has 3 nitrogen and oxygen atoms in total. The third-order valence-electron chi connectivity index (χ3n) is 2.35. The summed E-state index contributed by atoms with van der Waals surface area (Å²) < 4.78 is 4.82. The van der Waals surface area contributed by atoms with E-state index in [4.69, 9.17) is 4.74 Å². The Bertz CT molecular complexity index is 287. The van der Waals surface area contributed by atoms with Crippen LogP contribution in [0.15, 0.2) is 11.6 Å². The van der Waals surface area contributed by atoms with E-state index in [2.05, 4.69) is 13.8 Å². The van der Waals surface area contributed by atoms with Gasteiger partial charge in [-0.25, -0.2) is 0 Å². The van der Waals surface area contributed by atoms with E-state index in [-0.39, 0.29) is 23.8 Å². The predicted molar refractivity (Wildman–Crippen MR) is 52.7 cm³/mol. The minimum atomic E-state index is -0.345. The molecular formula is C11H16O3. The molecule has 0 N–H and O–H groups in total. The Hall–Kier alpha value is -1.12. The van der Waals surface area contributed by atoms with E-state index < -0.39 is 0 Å². The molecule has 0 spiro atoms. The van der Waals surface area contributed by atoms with E-state index >= 15 is 0 Å². The van der Waals surface area contributed by atoms with E-state index in [9.17, 15) is 9.59 Å². The average molecular weight is 196 g/mol. The summed E-state index contributed by atoms with van der Waals surface area (Å²) >= 11 is 0. The number of carbonyl (C=O) groups excluding carboxylic acids is 2. The van der Waals surface area contributed by atoms with Crippen molar-refractivity contribution < 1.29 is 14.3 Å². The molecule has 0 fully saturated rings. The van der Waals surface area contributed by atoms with Crippen molar-refractivity contribution in [2.45, 2.75) is 33.6 Å². The molecule has 0 amide bonds. The van der Waals surface area contributed by atoms with Gasteiger partial charge in [0.1, 0.15) is 6.61 Å². The van der Waals surface area contributed by atoms with Gasteiger partial charge in [-0.05, 0) is 11.8 Å². The van der Waals surface area contributed by atoms with Crippen molar-refractivity contribution in [3.63, 3.8) is 0 Å². The first-order valence-corrected chi connectivity index (χ1v) is 4.79. The maximum Gasteiger partial charge on any atom is 0.302 e. The Morgan fingerprint density at radius 1 is 1.57 bits per heavy atom. The molecule has 0 aliphatic heterocycles. The summed E-state index contributed by atoms with van der Waals surface area (Å²) in [5.41, 5.74) is 0.681. The molecule has 78 valence electrons. The zero-order valence-electron chi connectivity index (χ0n) is 8.92. The van der Waals surface area contributed by atoms with Crippen LogP contribution in [0.2, 0.25) is 0 Å². The quantitative estimate of drug-likeness (QED) is 0.633. The van der Waals surface area contributed by atoms with Crippen LogP contribution in [0.25, 0.3) is 0 Å². The van der Waals surface area contributed by atoms with Gasteiger partial charge in [-0.15, -0.1) is 0 Å². The molecular weight excluding hydrogens is 180 g/mol. The van der Waals surface area contributed by atoms with Crippen LogP contribution in [0, 0.1) is 5.41 Å². The molecule has 0 saturated heterocycles. The van der Waals surface area contributed by atoms with Crippen LogP contribution in [0.3, 0.4) is 0 Å². The van der Waals surface area contributed by atoms with Crippen molar-refractivity contribution >= 4 is 11.8 Å². The molecule has 0 atom stereocenters. The lowest BCUT2D eigenvalue weighted by atomic mass is 9.79. The molecule has 1 rings (SSSR count). The fourth-order valence-corrected chi connectivity index (χ4v) is 1.52. The predicted octanol–water partition coefficient (Wildman–Crippen LogP) is 1.86. The fraction of sp³-hybridized carbons (Fsp3) is 0.636. The van der Waals surface area contributed by atoms with Crippen LogP contribution in [0.5, 0.6) is 0 Å². The van der Waals surface area contributed by atoms with Crippen molar-refractivity contribution in [2.75, 3.05) is 6.61 Å². The molecule has 0 radical (unpaired) electrons. The van der Waals surface area contributed by atoms with Crippen molar-refractivity contribution in [1.82, 2.24) is 0 Å². The lowest BCUT2D eigenvalue weighted by molar-refractivity contribution is -0.140. The number of Topliss-reactive ketones (excluding diaryl/α,β-unsaturated/α-hetero) is 1. The van der Waals surface area contributed by atoms with Crippen LogP contribution in [0.1, 0.15) is 33.6 Å². The average Bonchev–Trinajstić information content (AvgIpc) is 2.06. The minimum Gasteiger partial charge on any atom is -0.461 e. The Kier molecular flexibility index (Phi) is 3.09. The summed E-state index contributed by atoms with van der Waals surface area (Å²) in [6.07, 6.45) is 3.34. The summed E-state index contributed by atoms with van der Waals surface area (Å²) in [6, 6.07) is 0. The number of ketones is 1. The van der Waals surface area contributed by atoms with Crippen LogP contribution in [-0.4, -0.2) is 18.4 Å². The molecule has 1 aliphatic rings. The molecule has 0 saturated carbocycles. The maximum atomic E-state index is 11.4. The largest absolute Gasteiger partial charge is 0.461 e.